The number of nitrogens with one attached hydrogen (secondary N) is 2. The fourth-order valence-corrected chi connectivity index (χ4v) is 4.82. The van der Waals surface area contributed by atoms with Crippen LogP contribution < -0.4 is 5.32 Å². The first-order valence-corrected chi connectivity index (χ1v) is 15.2. The minimum absolute atomic E-state index is 0.200. The van der Waals surface area contributed by atoms with Gasteiger partial charge in [-0.05, 0) is 81.2 Å². The molecule has 0 spiro atoms. The molecule has 1 aliphatic carbocycles. The van der Waals surface area contributed by atoms with Gasteiger partial charge in [0.15, 0.2) is 0 Å². The summed E-state index contributed by atoms with van der Waals surface area (Å²) < 4.78 is 5.24. The fourth-order valence-electron chi connectivity index (χ4n) is 4.65. The third-order valence-electron chi connectivity index (χ3n) is 6.53. The number of carbonyl (C=O) groups excluding carboxylic acids is 1. The van der Waals surface area contributed by atoms with Crippen molar-refractivity contribution in [3.05, 3.63) is 81.7 Å². The van der Waals surface area contributed by atoms with Crippen LogP contribution in [0.25, 0.3) is 11.6 Å². The van der Waals surface area contributed by atoms with Crippen LogP contribution in [0.15, 0.2) is 42.9 Å². The molecular weight excluding hydrogens is 550 g/mol. The van der Waals surface area contributed by atoms with Crippen molar-refractivity contribution in [3.63, 3.8) is 0 Å². The largest absolute Gasteiger partial charge is 0.444 e. The molecule has 0 saturated carbocycles. The second-order valence-electron chi connectivity index (χ2n) is 10.7. The van der Waals surface area contributed by atoms with E-state index in [9.17, 15) is 9.90 Å². The zero-order valence-electron chi connectivity index (χ0n) is 26.6. The number of piperazine rings is 1. The smallest absolute Gasteiger partial charge is 0.410 e. The van der Waals surface area contributed by atoms with E-state index < -0.39 is 5.60 Å². The molecule has 1 atom stereocenters. The van der Waals surface area contributed by atoms with Gasteiger partial charge in [-0.25, -0.2) is 9.78 Å². The van der Waals surface area contributed by atoms with Gasteiger partial charge in [0.05, 0.1) is 17.7 Å². The lowest BCUT2D eigenvalue weighted by Gasteiger charge is -2.30. The van der Waals surface area contributed by atoms with Gasteiger partial charge in [0.2, 0.25) is 0 Å². The van der Waals surface area contributed by atoms with Gasteiger partial charge in [-0.3, -0.25) is 4.98 Å². The molecule has 8 nitrogen and oxygen atoms in total. The number of fused-ring (bicyclic) bond motifs is 2. The van der Waals surface area contributed by atoms with Crippen molar-refractivity contribution in [2.75, 3.05) is 26.2 Å². The van der Waals surface area contributed by atoms with Crippen molar-refractivity contribution in [2.45, 2.75) is 79.9 Å². The minimum atomic E-state index is -1.26. The van der Waals surface area contributed by atoms with Crippen LogP contribution in [-0.4, -0.2) is 62.8 Å². The van der Waals surface area contributed by atoms with Gasteiger partial charge in [-0.15, -0.1) is 0 Å². The average molecular weight is 598 g/mol. The number of hydrogen-bond acceptors (Lipinski definition) is 6. The van der Waals surface area contributed by atoms with Crippen LogP contribution in [-0.2, 0) is 16.8 Å². The Balaban J connectivity index is 0.000000307. The van der Waals surface area contributed by atoms with Gasteiger partial charge >= 0.3 is 6.09 Å². The molecule has 0 radical (unpaired) electrons. The molecule has 1 amide bonds. The van der Waals surface area contributed by atoms with Crippen LogP contribution in [0.1, 0.15) is 89.2 Å². The molecule has 0 bridgehead atoms. The van der Waals surface area contributed by atoms with Crippen molar-refractivity contribution < 1.29 is 14.6 Å². The van der Waals surface area contributed by atoms with Crippen LogP contribution in [0.2, 0.25) is 5.02 Å². The number of hydrogen-bond donors (Lipinski definition) is 3. The third-order valence-corrected chi connectivity index (χ3v) is 6.76. The Labute approximate surface area is 256 Å². The number of carbonyl (C=O) groups is 1. The Morgan fingerprint density at radius 1 is 1.05 bits per heavy atom. The number of H-pyrrole nitrogens is 1. The van der Waals surface area contributed by atoms with Gasteiger partial charge in [0.25, 0.3) is 0 Å². The predicted octanol–water partition coefficient (Wildman–Crippen LogP) is 7.00. The molecule has 1 fully saturated rings. The van der Waals surface area contributed by atoms with Crippen LogP contribution in [0.3, 0.4) is 0 Å². The standard InChI is InChI=1S/C20H18ClN3O.C9H18N2O2.2C2H6/c1-12-19(24-11-23-12)20(2,25)17-8-14-4-3-7-22-18(14)9-13-5-6-15(21)10-16(13)17;1-9(2,3)13-8(12)11-6-4-10-5-7-11;2*1-2/h3-8,10-11,25H,9H2,1-2H3,(H,23,24);10H,4-7H2,1-3H3;2*1-2H3. The van der Waals surface area contributed by atoms with E-state index in [1.807, 2.05) is 91.8 Å². The highest BCUT2D eigenvalue weighted by atomic mass is 35.5. The summed E-state index contributed by atoms with van der Waals surface area (Å²) in [6, 6.07) is 9.71. The van der Waals surface area contributed by atoms with Gasteiger partial charge in [-0.2, -0.15) is 0 Å². The zero-order chi connectivity index (χ0) is 31.5. The molecule has 1 unspecified atom stereocenters. The fraction of sp³-hybridized carbons (Fsp3) is 0.485. The monoisotopic (exact) mass is 597 g/mol. The summed E-state index contributed by atoms with van der Waals surface area (Å²) in [5.41, 5.74) is 4.56. The topological polar surface area (TPSA) is 103 Å². The summed E-state index contributed by atoms with van der Waals surface area (Å²) in [7, 11) is 0. The van der Waals surface area contributed by atoms with Crippen LogP contribution in [0.4, 0.5) is 4.79 Å². The predicted molar refractivity (Wildman–Crippen MR) is 173 cm³/mol. The Morgan fingerprint density at radius 3 is 2.31 bits per heavy atom. The zero-order valence-corrected chi connectivity index (χ0v) is 27.4. The second-order valence-corrected chi connectivity index (χ2v) is 11.2. The summed E-state index contributed by atoms with van der Waals surface area (Å²) in [4.78, 5) is 25.1. The Bertz CT molecular complexity index is 1320. The molecule has 42 heavy (non-hydrogen) atoms. The molecule has 3 heterocycles. The van der Waals surface area contributed by atoms with Crippen molar-refractivity contribution in [1.29, 1.82) is 0 Å². The average Bonchev–Trinajstić information content (AvgIpc) is 3.34. The van der Waals surface area contributed by atoms with Crippen LogP contribution >= 0.6 is 11.6 Å². The molecule has 9 heteroatoms. The summed E-state index contributed by atoms with van der Waals surface area (Å²) in [6.45, 7) is 20.5. The van der Waals surface area contributed by atoms with E-state index in [1.165, 1.54) is 0 Å². The summed E-state index contributed by atoms with van der Waals surface area (Å²) in [5.74, 6) is 0. The number of imidazole rings is 1. The minimum Gasteiger partial charge on any atom is -0.444 e. The first-order chi connectivity index (χ1) is 20.0. The van der Waals surface area contributed by atoms with Crippen molar-refractivity contribution in [2.24, 2.45) is 0 Å². The number of aliphatic hydroxyl groups is 1. The van der Waals surface area contributed by atoms with Crippen molar-refractivity contribution in [3.8, 4) is 0 Å². The van der Waals surface area contributed by atoms with Gasteiger partial charge in [0.1, 0.15) is 11.2 Å². The number of nitrogens with zero attached hydrogens (tertiary/aromatic N) is 3. The summed E-state index contributed by atoms with van der Waals surface area (Å²) >= 11 is 6.27. The number of ether oxygens (including phenoxy) is 1. The van der Waals surface area contributed by atoms with E-state index in [1.54, 1.807) is 24.3 Å². The maximum Gasteiger partial charge on any atom is 0.410 e. The summed E-state index contributed by atoms with van der Waals surface area (Å²) in [6.07, 6.45) is 5.89. The number of halogens is 1. The molecule has 230 valence electrons. The summed E-state index contributed by atoms with van der Waals surface area (Å²) in [5, 5.41) is 15.3. The maximum absolute atomic E-state index is 11.5. The normalized spacial score (nSPS) is 15.3. The Kier molecular flexibility index (Phi) is 13.2. The maximum atomic E-state index is 11.5. The lowest BCUT2D eigenvalue weighted by molar-refractivity contribution is 0.0229. The molecule has 3 N–H and O–H groups in total. The van der Waals surface area contributed by atoms with E-state index >= 15 is 0 Å². The highest BCUT2D eigenvalue weighted by Crippen LogP contribution is 2.42. The molecule has 3 aromatic rings. The molecule has 2 aliphatic rings. The quantitative estimate of drug-likeness (QED) is 0.294. The molecule has 1 saturated heterocycles. The van der Waals surface area contributed by atoms with E-state index in [0.717, 1.165) is 59.8 Å². The second kappa shape index (κ2) is 15.9. The Morgan fingerprint density at radius 2 is 1.71 bits per heavy atom. The lowest BCUT2D eigenvalue weighted by atomic mass is 9.84. The van der Waals surface area contributed by atoms with Crippen molar-refractivity contribution >= 4 is 29.3 Å². The first kappa shape index (κ1) is 35.0. The number of aromatic amines is 1. The SMILES string of the molecule is CC.CC.CC(C)(C)OC(=O)N1CCNCC1.Cc1[nH]cnc1C(C)(O)C1=Cc2cccnc2Cc2ccc(Cl)cc21. The third kappa shape index (κ3) is 9.15. The van der Waals surface area contributed by atoms with Gasteiger partial charge < -0.3 is 25.0 Å². The molecule has 1 aromatic carbocycles. The van der Waals surface area contributed by atoms with E-state index in [0.29, 0.717) is 17.1 Å². The van der Waals surface area contributed by atoms with E-state index in [2.05, 4.69) is 20.3 Å². The van der Waals surface area contributed by atoms with E-state index in [-0.39, 0.29) is 11.7 Å². The highest BCUT2D eigenvalue weighted by molar-refractivity contribution is 6.30. The van der Waals surface area contributed by atoms with Crippen LogP contribution in [0, 0.1) is 6.92 Å². The van der Waals surface area contributed by atoms with Gasteiger partial charge in [-0.1, -0.05) is 51.4 Å². The Hall–Kier alpha value is -3.20. The number of rotatable bonds is 2. The number of benzene rings is 1. The van der Waals surface area contributed by atoms with Crippen LogP contribution in [0.5, 0.6) is 0 Å². The number of pyridine rings is 1. The first-order valence-electron chi connectivity index (χ1n) is 14.8. The van der Waals surface area contributed by atoms with E-state index in [4.69, 9.17) is 16.3 Å². The lowest BCUT2D eigenvalue weighted by Crippen LogP contribution is -2.48. The van der Waals surface area contributed by atoms with Gasteiger partial charge in [0, 0.05) is 49.5 Å². The highest BCUT2D eigenvalue weighted by Gasteiger charge is 2.35. The molecule has 5 rings (SSSR count). The molecule has 2 aromatic heterocycles. The number of aromatic nitrogens is 3. The number of amides is 1. The molecular formula is C33H48ClN5O3. The van der Waals surface area contributed by atoms with Crippen molar-refractivity contribution in [1.82, 2.24) is 25.2 Å². The molecule has 1 aliphatic heterocycles. The number of aryl methyl sites for hydroxylation is 1.